The first kappa shape index (κ1) is 15.8. The van der Waals surface area contributed by atoms with Crippen molar-refractivity contribution >= 4 is 5.97 Å². The van der Waals surface area contributed by atoms with Gasteiger partial charge in [-0.3, -0.25) is 5.32 Å². The molecule has 0 spiro atoms. The largest absolute Gasteiger partial charge is 0.459 e. The average molecular weight is 305 g/mol. The lowest BCUT2D eigenvalue weighted by atomic mass is 10.0. The Morgan fingerprint density at radius 3 is 2.52 bits per heavy atom. The van der Waals surface area contributed by atoms with Crippen LogP contribution in [-0.4, -0.2) is 27.7 Å². The van der Waals surface area contributed by atoms with Gasteiger partial charge in [0.15, 0.2) is 0 Å². The van der Waals surface area contributed by atoms with Crippen molar-refractivity contribution in [3.8, 4) is 0 Å². The zero-order chi connectivity index (χ0) is 16.0. The van der Waals surface area contributed by atoms with Crippen molar-refractivity contribution in [1.82, 2.24) is 14.9 Å². The lowest BCUT2D eigenvalue weighted by Gasteiger charge is -2.27. The number of fused-ring (bicyclic) bond motifs is 1. The number of carbonyl (C=O) groups excluding carboxylic acids is 1. The minimum absolute atomic E-state index is 0.225. The van der Waals surface area contributed by atoms with Crippen molar-refractivity contribution in [1.29, 1.82) is 0 Å². The van der Waals surface area contributed by atoms with Crippen molar-refractivity contribution < 1.29 is 22.7 Å². The number of esters is 1. The van der Waals surface area contributed by atoms with E-state index in [9.17, 15) is 18.0 Å². The number of hydrogen-bond donors (Lipinski definition) is 1. The molecule has 1 aromatic heterocycles. The maximum absolute atomic E-state index is 12.9. The first-order valence-corrected chi connectivity index (χ1v) is 6.59. The van der Waals surface area contributed by atoms with Gasteiger partial charge in [-0.1, -0.05) is 0 Å². The van der Waals surface area contributed by atoms with Crippen LogP contribution in [0.1, 0.15) is 44.0 Å². The maximum Gasteiger partial charge on any atom is 0.449 e. The molecule has 0 aliphatic carbocycles. The Morgan fingerprint density at radius 1 is 1.38 bits per heavy atom. The highest BCUT2D eigenvalue weighted by Crippen LogP contribution is 2.33. The molecule has 0 saturated heterocycles. The highest BCUT2D eigenvalue weighted by molar-refractivity contribution is 5.78. The van der Waals surface area contributed by atoms with Crippen LogP contribution in [0.25, 0.3) is 0 Å². The molecule has 21 heavy (non-hydrogen) atoms. The van der Waals surface area contributed by atoms with Gasteiger partial charge in [0.05, 0.1) is 11.4 Å². The number of hydrogen-bond acceptors (Lipinski definition) is 4. The Balaban J connectivity index is 2.40. The monoisotopic (exact) mass is 305 g/mol. The van der Waals surface area contributed by atoms with Gasteiger partial charge in [-0.25, -0.2) is 9.78 Å². The topological polar surface area (TPSA) is 56.2 Å². The van der Waals surface area contributed by atoms with E-state index < -0.39 is 29.6 Å². The number of imidazole rings is 1. The average Bonchev–Trinajstić information content (AvgIpc) is 2.64. The summed E-state index contributed by atoms with van der Waals surface area (Å²) in [6.07, 6.45) is -4.21. The predicted molar refractivity (Wildman–Crippen MR) is 68.5 cm³/mol. The van der Waals surface area contributed by atoms with Crippen molar-refractivity contribution in [2.45, 2.75) is 45.0 Å². The molecular formula is C13H18F3N3O2. The van der Waals surface area contributed by atoms with Gasteiger partial charge >= 0.3 is 12.1 Å². The van der Waals surface area contributed by atoms with Gasteiger partial charge in [0.25, 0.3) is 0 Å². The van der Waals surface area contributed by atoms with Crippen molar-refractivity contribution in [2.75, 3.05) is 6.54 Å². The molecule has 5 nitrogen and oxygen atoms in total. The van der Waals surface area contributed by atoms with Gasteiger partial charge in [0.1, 0.15) is 11.6 Å². The quantitative estimate of drug-likeness (QED) is 0.806. The van der Waals surface area contributed by atoms with Gasteiger partial charge in [0, 0.05) is 20.0 Å². The van der Waals surface area contributed by atoms with Gasteiger partial charge in [-0.2, -0.15) is 13.2 Å². The van der Waals surface area contributed by atoms with E-state index in [1.165, 1.54) is 7.05 Å². The zero-order valence-corrected chi connectivity index (χ0v) is 12.3. The lowest BCUT2D eigenvalue weighted by Crippen LogP contribution is -2.40. The summed E-state index contributed by atoms with van der Waals surface area (Å²) in [4.78, 5) is 15.8. The Hall–Kier alpha value is -1.57. The van der Waals surface area contributed by atoms with Crippen LogP contribution < -0.4 is 5.32 Å². The molecule has 0 radical (unpaired) electrons. The van der Waals surface area contributed by atoms with Crippen LogP contribution in [0.4, 0.5) is 13.2 Å². The first-order chi connectivity index (χ1) is 9.50. The molecule has 8 heteroatoms. The van der Waals surface area contributed by atoms with E-state index >= 15 is 0 Å². The molecule has 1 unspecified atom stereocenters. The number of halogens is 3. The standard InChI is InChI=1S/C13H18F3N3O2/c1-12(2,3)21-10(20)8-9-7(5-6-17-8)18-11(19(9)4)13(14,15)16/h8,17H,5-6H2,1-4H3. The molecule has 2 heterocycles. The van der Waals surface area contributed by atoms with E-state index in [1.807, 2.05) is 0 Å². The van der Waals surface area contributed by atoms with Crippen molar-refractivity contribution in [2.24, 2.45) is 7.05 Å². The molecule has 1 aliphatic heterocycles. The van der Waals surface area contributed by atoms with E-state index in [-0.39, 0.29) is 5.69 Å². The molecule has 0 fully saturated rings. The molecule has 2 rings (SSSR count). The highest BCUT2D eigenvalue weighted by Gasteiger charge is 2.41. The second-order valence-corrected chi connectivity index (χ2v) is 5.99. The van der Waals surface area contributed by atoms with E-state index in [2.05, 4.69) is 10.3 Å². The SMILES string of the molecule is Cn1c(C(F)(F)F)nc2c1C(C(=O)OC(C)(C)C)NCC2. The van der Waals surface area contributed by atoms with E-state index in [1.54, 1.807) is 20.8 Å². The predicted octanol–water partition coefficient (Wildman–Crippen LogP) is 1.97. The van der Waals surface area contributed by atoms with Crippen LogP contribution in [0.3, 0.4) is 0 Å². The van der Waals surface area contributed by atoms with Crippen molar-refractivity contribution in [3.05, 3.63) is 17.2 Å². The highest BCUT2D eigenvalue weighted by atomic mass is 19.4. The second-order valence-electron chi connectivity index (χ2n) is 5.99. The van der Waals surface area contributed by atoms with Crippen molar-refractivity contribution in [3.63, 3.8) is 0 Å². The third kappa shape index (κ3) is 3.20. The van der Waals surface area contributed by atoms with Gasteiger partial charge < -0.3 is 9.30 Å². The molecule has 0 aromatic carbocycles. The summed E-state index contributed by atoms with van der Waals surface area (Å²) >= 11 is 0. The number of carbonyl (C=O) groups is 1. The molecule has 1 aromatic rings. The zero-order valence-electron chi connectivity index (χ0n) is 12.3. The van der Waals surface area contributed by atoms with E-state index in [4.69, 9.17) is 4.74 Å². The number of aromatic nitrogens is 2. The van der Waals surface area contributed by atoms with Gasteiger partial charge in [0.2, 0.25) is 5.82 Å². The van der Waals surface area contributed by atoms with E-state index in [0.29, 0.717) is 18.7 Å². The summed E-state index contributed by atoms with van der Waals surface area (Å²) in [6, 6.07) is -0.929. The second kappa shape index (κ2) is 5.01. The van der Waals surface area contributed by atoms with Crippen LogP contribution in [0.2, 0.25) is 0 Å². The Morgan fingerprint density at radius 2 is 2.00 bits per heavy atom. The Labute approximate surface area is 120 Å². The molecule has 1 aliphatic rings. The normalized spacial score (nSPS) is 19.3. The Kier molecular flexibility index (Phi) is 3.77. The van der Waals surface area contributed by atoms with E-state index in [0.717, 1.165) is 4.57 Å². The number of rotatable bonds is 1. The molecule has 1 atom stereocenters. The number of alkyl halides is 3. The molecular weight excluding hydrogens is 287 g/mol. The summed E-state index contributed by atoms with van der Waals surface area (Å²) in [6.45, 7) is 5.50. The summed E-state index contributed by atoms with van der Waals surface area (Å²) in [7, 11) is 1.26. The summed E-state index contributed by atoms with van der Waals surface area (Å²) in [5.41, 5.74) is -0.191. The smallest absolute Gasteiger partial charge is 0.449 e. The molecule has 0 saturated carbocycles. The molecule has 1 N–H and O–H groups in total. The van der Waals surface area contributed by atoms with Crippen LogP contribution in [0.5, 0.6) is 0 Å². The first-order valence-electron chi connectivity index (χ1n) is 6.59. The third-order valence-electron chi connectivity index (χ3n) is 3.10. The number of nitrogens with zero attached hydrogens (tertiary/aromatic N) is 2. The Bertz CT molecular complexity index is 558. The van der Waals surface area contributed by atoms with Crippen LogP contribution >= 0.6 is 0 Å². The lowest BCUT2D eigenvalue weighted by molar-refractivity contribution is -0.158. The maximum atomic E-state index is 12.9. The van der Waals surface area contributed by atoms with Crippen LogP contribution in [0, 0.1) is 0 Å². The van der Waals surface area contributed by atoms with Crippen LogP contribution in [-0.2, 0) is 29.2 Å². The number of nitrogens with one attached hydrogen (secondary N) is 1. The minimum Gasteiger partial charge on any atom is -0.459 e. The summed E-state index contributed by atoms with van der Waals surface area (Å²) in [5.74, 6) is -1.59. The molecule has 0 amide bonds. The third-order valence-corrected chi connectivity index (χ3v) is 3.10. The fourth-order valence-corrected chi connectivity index (χ4v) is 2.35. The minimum atomic E-state index is -4.55. The fraction of sp³-hybridized carbons (Fsp3) is 0.692. The summed E-state index contributed by atoms with van der Waals surface area (Å²) < 4.78 is 44.9. The number of ether oxygens (including phenoxy) is 1. The van der Waals surface area contributed by atoms with Gasteiger partial charge in [-0.15, -0.1) is 0 Å². The molecule has 118 valence electrons. The van der Waals surface area contributed by atoms with Crippen LogP contribution in [0.15, 0.2) is 0 Å². The molecule has 0 bridgehead atoms. The van der Waals surface area contributed by atoms with Gasteiger partial charge in [-0.05, 0) is 20.8 Å². The fourth-order valence-electron chi connectivity index (χ4n) is 2.35. The summed E-state index contributed by atoms with van der Waals surface area (Å²) in [5, 5.41) is 2.90.